The average Bonchev–Trinajstić information content (AvgIpc) is 3.08. The van der Waals surface area contributed by atoms with Crippen molar-refractivity contribution in [3.63, 3.8) is 0 Å². The van der Waals surface area contributed by atoms with Gasteiger partial charge in [0.25, 0.3) is 0 Å². The van der Waals surface area contributed by atoms with Crippen LogP contribution in [0.1, 0.15) is 0 Å². The van der Waals surface area contributed by atoms with E-state index < -0.39 is 0 Å². The molecule has 0 aliphatic carbocycles. The third kappa shape index (κ3) is 4.52. The maximum absolute atomic E-state index is 12.3. The van der Waals surface area contributed by atoms with Gasteiger partial charge in [0, 0.05) is 31.2 Å². The van der Waals surface area contributed by atoms with Crippen LogP contribution >= 0.6 is 11.8 Å². The number of hydrogen-bond donors (Lipinski definition) is 0. The van der Waals surface area contributed by atoms with E-state index in [-0.39, 0.29) is 5.91 Å². The fraction of sp³-hybridized carbons (Fsp3) is 0.222. The first-order valence-corrected chi connectivity index (χ1v) is 8.48. The van der Waals surface area contributed by atoms with Crippen LogP contribution in [0.25, 0.3) is 5.69 Å². The minimum Gasteiger partial charge on any atom is -0.497 e. The summed E-state index contributed by atoms with van der Waals surface area (Å²) in [5.41, 5.74) is 0.970. The Kier molecular flexibility index (Phi) is 6.69. The largest absolute Gasteiger partial charge is 0.497 e. The van der Waals surface area contributed by atoms with E-state index in [1.807, 2.05) is 35.0 Å². The third-order valence-electron chi connectivity index (χ3n) is 3.33. The number of thioether (sulfide) groups is 1. The molecule has 1 heterocycles. The van der Waals surface area contributed by atoms with Gasteiger partial charge in [-0.15, -0.1) is 13.2 Å². The molecule has 1 aromatic heterocycles. The number of imidazole rings is 1. The molecule has 0 saturated carbocycles. The molecule has 2 rings (SSSR count). The molecule has 0 aliphatic heterocycles. The van der Waals surface area contributed by atoms with Crippen molar-refractivity contribution in [3.05, 3.63) is 62.0 Å². The fourth-order valence-electron chi connectivity index (χ4n) is 2.14. The molecule has 1 aromatic carbocycles. The summed E-state index contributed by atoms with van der Waals surface area (Å²) in [4.78, 5) is 18.3. The van der Waals surface area contributed by atoms with Gasteiger partial charge in [-0.1, -0.05) is 23.9 Å². The second-order valence-electron chi connectivity index (χ2n) is 4.94. The summed E-state index contributed by atoms with van der Waals surface area (Å²) in [6, 6.07) is 7.69. The number of carbonyl (C=O) groups is 1. The lowest BCUT2D eigenvalue weighted by Gasteiger charge is -2.19. The predicted octanol–water partition coefficient (Wildman–Crippen LogP) is 3.17. The van der Waals surface area contributed by atoms with Crippen molar-refractivity contribution >= 4 is 17.7 Å². The van der Waals surface area contributed by atoms with Crippen molar-refractivity contribution < 1.29 is 9.53 Å². The molecule has 0 radical (unpaired) electrons. The topological polar surface area (TPSA) is 47.4 Å². The normalized spacial score (nSPS) is 10.2. The molecule has 0 unspecified atom stereocenters. The number of ether oxygens (including phenoxy) is 1. The van der Waals surface area contributed by atoms with Gasteiger partial charge >= 0.3 is 0 Å². The Bertz CT molecular complexity index is 685. The molecule has 0 saturated heterocycles. The molecule has 1 amide bonds. The van der Waals surface area contributed by atoms with Gasteiger partial charge in [0.15, 0.2) is 5.16 Å². The molecule has 0 N–H and O–H groups in total. The first-order valence-electron chi connectivity index (χ1n) is 7.49. The van der Waals surface area contributed by atoms with Crippen LogP contribution in [0.5, 0.6) is 5.75 Å². The fourth-order valence-corrected chi connectivity index (χ4v) is 3.02. The van der Waals surface area contributed by atoms with Gasteiger partial charge in [0.2, 0.25) is 5.91 Å². The smallest absolute Gasteiger partial charge is 0.233 e. The van der Waals surface area contributed by atoms with Crippen LogP contribution in [-0.4, -0.2) is 46.3 Å². The molecule has 0 fully saturated rings. The van der Waals surface area contributed by atoms with E-state index >= 15 is 0 Å². The molecule has 6 heteroatoms. The van der Waals surface area contributed by atoms with Crippen LogP contribution < -0.4 is 4.74 Å². The van der Waals surface area contributed by atoms with Gasteiger partial charge in [-0.2, -0.15) is 0 Å². The lowest BCUT2D eigenvalue weighted by atomic mass is 10.3. The van der Waals surface area contributed by atoms with Crippen molar-refractivity contribution in [1.29, 1.82) is 0 Å². The van der Waals surface area contributed by atoms with E-state index in [0.29, 0.717) is 18.8 Å². The Morgan fingerprint density at radius 3 is 2.54 bits per heavy atom. The molecule has 24 heavy (non-hydrogen) atoms. The van der Waals surface area contributed by atoms with Gasteiger partial charge < -0.3 is 9.64 Å². The Hall–Kier alpha value is -2.47. The standard InChI is InChI=1S/C18H21N3O2S/c1-4-11-20(12-5-2)17(22)14-24-18-19-10-13-21(18)15-6-8-16(23-3)9-7-15/h4-10,13H,1-2,11-12,14H2,3H3. The van der Waals surface area contributed by atoms with E-state index in [9.17, 15) is 4.79 Å². The van der Waals surface area contributed by atoms with Crippen molar-refractivity contribution in [2.45, 2.75) is 5.16 Å². The number of nitrogens with zero attached hydrogens (tertiary/aromatic N) is 3. The second kappa shape index (κ2) is 8.98. The van der Waals surface area contributed by atoms with Crippen LogP contribution in [0.3, 0.4) is 0 Å². The SMILES string of the molecule is C=CCN(CC=C)C(=O)CSc1nccn1-c1ccc(OC)cc1. The summed E-state index contributed by atoms with van der Waals surface area (Å²) in [6.45, 7) is 8.39. The zero-order chi connectivity index (χ0) is 17.4. The number of hydrogen-bond acceptors (Lipinski definition) is 4. The first kappa shape index (κ1) is 17.9. The molecule has 2 aromatic rings. The van der Waals surface area contributed by atoms with E-state index in [0.717, 1.165) is 16.6 Å². The Labute approximate surface area is 146 Å². The zero-order valence-electron chi connectivity index (χ0n) is 13.7. The molecular weight excluding hydrogens is 322 g/mol. The van der Waals surface area contributed by atoms with Gasteiger partial charge in [0.1, 0.15) is 5.75 Å². The number of methoxy groups -OCH3 is 1. The summed E-state index contributed by atoms with van der Waals surface area (Å²) < 4.78 is 7.12. The molecule has 0 atom stereocenters. The number of aromatic nitrogens is 2. The number of amides is 1. The highest BCUT2D eigenvalue weighted by atomic mass is 32.2. The summed E-state index contributed by atoms with van der Waals surface area (Å²) in [5.74, 6) is 1.14. The Balaban J connectivity index is 2.05. The van der Waals surface area contributed by atoms with Crippen LogP contribution in [-0.2, 0) is 4.79 Å². The van der Waals surface area contributed by atoms with E-state index in [1.165, 1.54) is 11.8 Å². The van der Waals surface area contributed by atoms with Gasteiger partial charge in [-0.05, 0) is 24.3 Å². The summed E-state index contributed by atoms with van der Waals surface area (Å²) in [6.07, 6.45) is 7.02. The minimum atomic E-state index is 0.0316. The third-order valence-corrected chi connectivity index (χ3v) is 4.29. The van der Waals surface area contributed by atoms with Crippen molar-refractivity contribution in [2.75, 3.05) is 26.0 Å². The molecule has 5 nitrogen and oxygen atoms in total. The molecule has 0 bridgehead atoms. The lowest BCUT2D eigenvalue weighted by Crippen LogP contribution is -2.32. The van der Waals surface area contributed by atoms with E-state index in [2.05, 4.69) is 18.1 Å². The van der Waals surface area contributed by atoms with Crippen molar-refractivity contribution in [3.8, 4) is 11.4 Å². The predicted molar refractivity (Wildman–Crippen MR) is 97.8 cm³/mol. The Morgan fingerprint density at radius 1 is 1.29 bits per heavy atom. The highest BCUT2D eigenvalue weighted by Crippen LogP contribution is 2.22. The number of rotatable bonds is 9. The van der Waals surface area contributed by atoms with Gasteiger partial charge in [0.05, 0.1) is 12.9 Å². The summed E-state index contributed by atoms with van der Waals surface area (Å²) in [7, 11) is 1.64. The first-order chi connectivity index (χ1) is 11.7. The highest BCUT2D eigenvalue weighted by molar-refractivity contribution is 7.99. The van der Waals surface area contributed by atoms with E-state index in [4.69, 9.17) is 4.74 Å². The van der Waals surface area contributed by atoms with Crippen molar-refractivity contribution in [2.24, 2.45) is 0 Å². The number of benzene rings is 1. The van der Waals surface area contributed by atoms with Gasteiger partial charge in [-0.3, -0.25) is 9.36 Å². The Morgan fingerprint density at radius 2 is 1.96 bits per heavy atom. The van der Waals surface area contributed by atoms with Crippen LogP contribution in [0.2, 0.25) is 0 Å². The van der Waals surface area contributed by atoms with Gasteiger partial charge in [-0.25, -0.2) is 4.98 Å². The summed E-state index contributed by atoms with van der Waals surface area (Å²) in [5, 5.41) is 0.769. The zero-order valence-corrected chi connectivity index (χ0v) is 14.5. The second-order valence-corrected chi connectivity index (χ2v) is 5.89. The quantitative estimate of drug-likeness (QED) is 0.518. The van der Waals surface area contributed by atoms with Crippen LogP contribution in [0.4, 0.5) is 0 Å². The average molecular weight is 343 g/mol. The molecule has 0 aliphatic rings. The lowest BCUT2D eigenvalue weighted by molar-refractivity contribution is -0.127. The highest BCUT2D eigenvalue weighted by Gasteiger charge is 2.13. The summed E-state index contributed by atoms with van der Waals surface area (Å²) >= 11 is 1.41. The minimum absolute atomic E-state index is 0.0316. The maximum atomic E-state index is 12.3. The van der Waals surface area contributed by atoms with Crippen molar-refractivity contribution in [1.82, 2.24) is 14.5 Å². The molecule has 126 valence electrons. The molecule has 0 spiro atoms. The van der Waals surface area contributed by atoms with E-state index in [1.54, 1.807) is 30.4 Å². The monoisotopic (exact) mass is 343 g/mol. The van der Waals surface area contributed by atoms with Crippen LogP contribution in [0.15, 0.2) is 67.1 Å². The van der Waals surface area contributed by atoms with Crippen LogP contribution in [0, 0.1) is 0 Å². The maximum Gasteiger partial charge on any atom is 0.233 e. The molecular formula is C18H21N3O2S. The number of carbonyl (C=O) groups excluding carboxylic acids is 1.